The zero-order valence-electron chi connectivity index (χ0n) is 13.6. The van der Waals surface area contributed by atoms with Crippen LogP contribution in [-0.4, -0.2) is 11.9 Å². The smallest absolute Gasteiger partial charge is 0.248 e. The highest BCUT2D eigenvalue weighted by molar-refractivity contribution is 6.05. The number of carbonyl (C=O) groups is 1. The zero-order valence-corrected chi connectivity index (χ0v) is 13.6. The fourth-order valence-corrected chi connectivity index (χ4v) is 3.19. The Morgan fingerprint density at radius 2 is 1.83 bits per heavy atom. The highest BCUT2D eigenvalue weighted by atomic mass is 16.2. The largest absolute Gasteiger partial charge is 0.399 e. The fraction of sp³-hybridized carbons (Fsp3) is 0.316. The number of hydrogen-bond donors (Lipinski definition) is 2. The van der Waals surface area contributed by atoms with Gasteiger partial charge in [-0.3, -0.25) is 9.69 Å². The van der Waals surface area contributed by atoms with Crippen LogP contribution in [0.1, 0.15) is 31.4 Å². The molecule has 3 rings (SSSR count). The van der Waals surface area contributed by atoms with E-state index in [1.807, 2.05) is 36.4 Å². The summed E-state index contributed by atoms with van der Waals surface area (Å²) < 4.78 is 0. The van der Waals surface area contributed by atoms with E-state index in [2.05, 4.69) is 19.9 Å². The molecule has 4 N–H and O–H groups in total. The summed E-state index contributed by atoms with van der Waals surface area (Å²) >= 11 is 0. The molecule has 2 aromatic carbocycles. The van der Waals surface area contributed by atoms with Gasteiger partial charge in [0, 0.05) is 12.1 Å². The lowest BCUT2D eigenvalue weighted by Crippen LogP contribution is -2.43. The average molecular weight is 309 g/mol. The number of fused-ring (bicyclic) bond motifs is 2. The molecular weight excluding hydrogens is 286 g/mol. The average Bonchev–Trinajstić information content (AvgIpc) is 2.51. The predicted octanol–water partition coefficient (Wildman–Crippen LogP) is 3.21. The first-order valence-corrected chi connectivity index (χ1v) is 8.03. The van der Waals surface area contributed by atoms with E-state index < -0.39 is 6.04 Å². The second-order valence-electron chi connectivity index (χ2n) is 6.60. The Bertz CT molecular complexity index is 739. The monoisotopic (exact) mass is 309 g/mol. The van der Waals surface area contributed by atoms with E-state index >= 15 is 0 Å². The van der Waals surface area contributed by atoms with E-state index in [9.17, 15) is 4.79 Å². The van der Waals surface area contributed by atoms with E-state index in [1.54, 1.807) is 4.90 Å². The number of nitrogens with two attached hydrogens (primary N) is 2. The van der Waals surface area contributed by atoms with Crippen LogP contribution >= 0.6 is 0 Å². The number of hydrogen-bond acceptors (Lipinski definition) is 3. The second-order valence-corrected chi connectivity index (χ2v) is 6.60. The molecule has 120 valence electrons. The Labute approximate surface area is 137 Å². The normalized spacial score (nSPS) is 14.3. The lowest BCUT2D eigenvalue weighted by Gasteiger charge is -2.33. The van der Waals surface area contributed by atoms with Gasteiger partial charge >= 0.3 is 0 Å². The Hall–Kier alpha value is -2.33. The minimum absolute atomic E-state index is 0.0585. The number of carbonyl (C=O) groups excluding carboxylic acids is 1. The van der Waals surface area contributed by atoms with Crippen LogP contribution in [0.25, 0.3) is 0 Å². The van der Waals surface area contributed by atoms with Crippen molar-refractivity contribution >= 4 is 23.0 Å². The summed E-state index contributed by atoms with van der Waals surface area (Å²) in [6.07, 6.45) is 1.45. The van der Waals surface area contributed by atoms with E-state index in [0.717, 1.165) is 28.9 Å². The van der Waals surface area contributed by atoms with Gasteiger partial charge in [0.2, 0.25) is 5.91 Å². The van der Waals surface area contributed by atoms with Crippen molar-refractivity contribution in [2.45, 2.75) is 32.7 Å². The highest BCUT2D eigenvalue weighted by Crippen LogP contribution is 2.39. The van der Waals surface area contributed by atoms with Crippen LogP contribution in [-0.2, 0) is 11.2 Å². The van der Waals surface area contributed by atoms with Gasteiger partial charge in [-0.05, 0) is 47.7 Å². The lowest BCUT2D eigenvalue weighted by molar-refractivity contribution is -0.119. The molecule has 0 radical (unpaired) electrons. The van der Waals surface area contributed by atoms with Crippen molar-refractivity contribution in [2.75, 3.05) is 10.6 Å². The van der Waals surface area contributed by atoms with E-state index in [0.29, 0.717) is 18.0 Å². The van der Waals surface area contributed by atoms with Crippen LogP contribution in [0.2, 0.25) is 0 Å². The van der Waals surface area contributed by atoms with Crippen molar-refractivity contribution in [1.29, 1.82) is 0 Å². The number of anilines is 3. The molecule has 0 bridgehead atoms. The van der Waals surface area contributed by atoms with E-state index in [-0.39, 0.29) is 5.91 Å². The van der Waals surface area contributed by atoms with Gasteiger partial charge in [-0.1, -0.05) is 32.0 Å². The quantitative estimate of drug-likeness (QED) is 0.855. The molecule has 4 heteroatoms. The number of para-hydroxylation sites is 1. The maximum Gasteiger partial charge on any atom is 0.248 e. The first-order chi connectivity index (χ1) is 11.0. The van der Waals surface area contributed by atoms with Crippen molar-refractivity contribution in [3.63, 3.8) is 0 Å². The molecule has 23 heavy (non-hydrogen) atoms. The summed E-state index contributed by atoms with van der Waals surface area (Å²) in [4.78, 5) is 14.8. The molecule has 1 amide bonds. The van der Waals surface area contributed by atoms with E-state index in [4.69, 9.17) is 11.5 Å². The lowest BCUT2D eigenvalue weighted by atomic mass is 9.93. The summed E-state index contributed by atoms with van der Waals surface area (Å²) in [6.45, 7) is 4.15. The van der Waals surface area contributed by atoms with Crippen LogP contribution in [0.5, 0.6) is 0 Å². The van der Waals surface area contributed by atoms with Crippen molar-refractivity contribution in [1.82, 2.24) is 0 Å². The second kappa shape index (κ2) is 6.05. The Morgan fingerprint density at radius 1 is 1.13 bits per heavy atom. The van der Waals surface area contributed by atoms with E-state index in [1.165, 1.54) is 0 Å². The molecule has 0 aliphatic carbocycles. The van der Waals surface area contributed by atoms with Crippen molar-refractivity contribution in [3.05, 3.63) is 53.6 Å². The number of nitrogens with zero attached hydrogens (tertiary/aromatic N) is 1. The van der Waals surface area contributed by atoms with Crippen LogP contribution in [0, 0.1) is 5.92 Å². The summed E-state index contributed by atoms with van der Waals surface area (Å²) in [5, 5.41) is 0. The number of rotatable bonds is 3. The molecule has 0 unspecified atom stereocenters. The molecule has 4 nitrogen and oxygen atoms in total. The fourth-order valence-electron chi connectivity index (χ4n) is 3.19. The highest BCUT2D eigenvalue weighted by Gasteiger charge is 2.30. The molecule has 1 aliphatic heterocycles. The van der Waals surface area contributed by atoms with Gasteiger partial charge in [0.15, 0.2) is 0 Å². The van der Waals surface area contributed by atoms with Crippen LogP contribution in [0.15, 0.2) is 42.5 Å². The van der Waals surface area contributed by atoms with Crippen LogP contribution in [0.3, 0.4) is 0 Å². The predicted molar refractivity (Wildman–Crippen MR) is 94.7 cm³/mol. The van der Waals surface area contributed by atoms with Gasteiger partial charge in [0.05, 0.1) is 17.4 Å². The van der Waals surface area contributed by atoms with Gasteiger partial charge in [-0.15, -0.1) is 0 Å². The standard InChI is InChI=1S/C19H23N3O/c1-12(2)9-16(21)19(23)22-17-6-4-3-5-13(17)10-14-11-15(20)7-8-18(14)22/h3-8,11-12,16H,9-10,20-21H2,1-2H3/t16-/m0/s1. The molecule has 2 aromatic rings. The summed E-state index contributed by atoms with van der Waals surface area (Å²) in [5.74, 6) is 0.316. The van der Waals surface area contributed by atoms with Gasteiger partial charge in [0.25, 0.3) is 0 Å². The molecule has 0 spiro atoms. The van der Waals surface area contributed by atoms with Crippen LogP contribution in [0.4, 0.5) is 17.1 Å². The van der Waals surface area contributed by atoms with Gasteiger partial charge in [-0.25, -0.2) is 0 Å². The Kier molecular flexibility index (Phi) is 4.09. The summed E-state index contributed by atoms with van der Waals surface area (Å²) in [7, 11) is 0. The minimum Gasteiger partial charge on any atom is -0.399 e. The molecule has 1 heterocycles. The molecular formula is C19H23N3O. The molecule has 0 aromatic heterocycles. The summed E-state index contributed by atoms with van der Waals surface area (Å²) in [5.41, 5.74) is 16.8. The Morgan fingerprint density at radius 3 is 2.57 bits per heavy atom. The van der Waals surface area contributed by atoms with Crippen molar-refractivity contribution in [3.8, 4) is 0 Å². The molecule has 0 fully saturated rings. The molecule has 0 saturated carbocycles. The van der Waals surface area contributed by atoms with Gasteiger partial charge in [0.1, 0.15) is 0 Å². The molecule has 1 aliphatic rings. The minimum atomic E-state index is -0.508. The van der Waals surface area contributed by atoms with Gasteiger partial charge in [-0.2, -0.15) is 0 Å². The first kappa shape index (κ1) is 15.6. The first-order valence-electron chi connectivity index (χ1n) is 8.03. The third kappa shape index (κ3) is 2.94. The zero-order chi connectivity index (χ0) is 16.6. The number of benzene rings is 2. The van der Waals surface area contributed by atoms with Gasteiger partial charge < -0.3 is 11.5 Å². The maximum atomic E-state index is 13.0. The van der Waals surface area contributed by atoms with Crippen molar-refractivity contribution < 1.29 is 4.79 Å². The molecule has 0 saturated heterocycles. The summed E-state index contributed by atoms with van der Waals surface area (Å²) in [6, 6.07) is 13.2. The van der Waals surface area contributed by atoms with Crippen LogP contribution < -0.4 is 16.4 Å². The SMILES string of the molecule is CC(C)C[C@H](N)C(=O)N1c2ccccc2Cc2cc(N)ccc21. The molecule has 1 atom stereocenters. The number of nitrogen functional groups attached to an aromatic ring is 1. The number of amides is 1. The topological polar surface area (TPSA) is 72.4 Å². The third-order valence-electron chi connectivity index (χ3n) is 4.22. The third-order valence-corrected chi connectivity index (χ3v) is 4.22. The van der Waals surface area contributed by atoms with Crippen molar-refractivity contribution in [2.24, 2.45) is 11.7 Å². The Balaban J connectivity index is 2.07. The maximum absolute atomic E-state index is 13.0.